The molecule has 2 aliphatic heterocycles. The SMILES string of the molecule is O=C(O)CCC(=O)N[C@H]1CCN2C(=O)c3cc(/C=C/c4ccc(O)cc4)ccc3NC(=O)[C@H]12. The zero-order chi connectivity index (χ0) is 23.5. The number of aromatic hydroxyl groups is 1. The van der Waals surface area contributed by atoms with Crippen molar-refractivity contribution in [3.8, 4) is 5.75 Å². The summed E-state index contributed by atoms with van der Waals surface area (Å²) in [5, 5.41) is 23.6. The first-order valence-corrected chi connectivity index (χ1v) is 10.6. The number of carbonyl (C=O) groups excluding carboxylic acids is 3. The lowest BCUT2D eigenvalue weighted by Gasteiger charge is -2.24. The molecule has 0 aromatic heterocycles. The molecule has 0 unspecified atom stereocenters. The van der Waals surface area contributed by atoms with Crippen molar-refractivity contribution >= 4 is 41.5 Å². The summed E-state index contributed by atoms with van der Waals surface area (Å²) in [7, 11) is 0. The molecule has 2 aliphatic rings. The summed E-state index contributed by atoms with van der Waals surface area (Å²) in [5.74, 6) is -2.07. The van der Waals surface area contributed by atoms with Gasteiger partial charge in [0.15, 0.2) is 0 Å². The Balaban J connectivity index is 1.52. The summed E-state index contributed by atoms with van der Waals surface area (Å²) in [6, 6.07) is 10.4. The van der Waals surface area contributed by atoms with Crippen LogP contribution >= 0.6 is 0 Å². The maximum absolute atomic E-state index is 13.3. The molecule has 9 nitrogen and oxygen atoms in total. The van der Waals surface area contributed by atoms with Crippen molar-refractivity contribution in [1.29, 1.82) is 0 Å². The molecular weight excluding hydrogens is 426 g/mol. The molecule has 4 rings (SSSR count). The largest absolute Gasteiger partial charge is 0.508 e. The number of phenols is 1. The van der Waals surface area contributed by atoms with Crippen molar-refractivity contribution < 1.29 is 29.4 Å². The van der Waals surface area contributed by atoms with Crippen LogP contribution in [0.3, 0.4) is 0 Å². The highest BCUT2D eigenvalue weighted by Gasteiger charge is 2.45. The molecule has 2 aromatic carbocycles. The molecular formula is C24H23N3O6. The number of anilines is 1. The third-order valence-electron chi connectivity index (χ3n) is 5.73. The van der Waals surface area contributed by atoms with E-state index < -0.39 is 29.9 Å². The van der Waals surface area contributed by atoms with E-state index in [1.165, 1.54) is 4.90 Å². The summed E-state index contributed by atoms with van der Waals surface area (Å²) >= 11 is 0. The summed E-state index contributed by atoms with van der Waals surface area (Å²) < 4.78 is 0. The third kappa shape index (κ3) is 4.87. The van der Waals surface area contributed by atoms with E-state index >= 15 is 0 Å². The number of fused-ring (bicyclic) bond motifs is 2. The second kappa shape index (κ2) is 9.15. The minimum atomic E-state index is -1.08. The standard InChI is InChI=1S/C24H23N3O6/c28-16-6-3-14(4-7-16)1-2-15-5-8-18-17(13-15)24(33)27-12-11-19(22(27)23(32)26-18)25-20(29)9-10-21(30)31/h1-8,13,19,22,28H,9-12H2,(H,25,29)(H,26,32)(H,30,31)/b2-1+/t19-,22-/m0/s1. The van der Waals surface area contributed by atoms with E-state index in [-0.39, 0.29) is 24.5 Å². The summed E-state index contributed by atoms with van der Waals surface area (Å²) in [5.41, 5.74) is 2.40. The first-order chi connectivity index (χ1) is 15.8. The Hall–Kier alpha value is -4.14. The number of carbonyl (C=O) groups is 4. The van der Waals surface area contributed by atoms with Crippen LogP contribution in [0.4, 0.5) is 5.69 Å². The van der Waals surface area contributed by atoms with Crippen LogP contribution in [0.5, 0.6) is 5.75 Å². The van der Waals surface area contributed by atoms with Crippen LogP contribution in [0, 0.1) is 0 Å². The van der Waals surface area contributed by atoms with Crippen molar-refractivity contribution in [2.24, 2.45) is 0 Å². The molecule has 0 spiro atoms. The van der Waals surface area contributed by atoms with Crippen LogP contribution in [-0.2, 0) is 14.4 Å². The highest BCUT2D eigenvalue weighted by Crippen LogP contribution is 2.30. The summed E-state index contributed by atoms with van der Waals surface area (Å²) in [6.07, 6.45) is 3.59. The van der Waals surface area contributed by atoms with Crippen LogP contribution < -0.4 is 10.6 Å². The third-order valence-corrected chi connectivity index (χ3v) is 5.73. The molecule has 33 heavy (non-hydrogen) atoms. The van der Waals surface area contributed by atoms with Crippen molar-refractivity contribution in [1.82, 2.24) is 10.2 Å². The van der Waals surface area contributed by atoms with Gasteiger partial charge in [0.2, 0.25) is 11.8 Å². The van der Waals surface area contributed by atoms with Crippen molar-refractivity contribution in [2.75, 3.05) is 11.9 Å². The molecule has 4 N–H and O–H groups in total. The van der Waals surface area contributed by atoms with Gasteiger partial charge in [-0.25, -0.2) is 0 Å². The first kappa shape index (κ1) is 22.1. The fourth-order valence-corrected chi connectivity index (χ4v) is 4.09. The molecule has 0 saturated carbocycles. The maximum atomic E-state index is 13.3. The van der Waals surface area contributed by atoms with Gasteiger partial charge in [-0.1, -0.05) is 30.4 Å². The zero-order valence-electron chi connectivity index (χ0n) is 17.7. The van der Waals surface area contributed by atoms with E-state index in [4.69, 9.17) is 5.11 Å². The second-order valence-electron chi connectivity index (χ2n) is 8.02. The molecule has 2 heterocycles. The van der Waals surface area contributed by atoms with Gasteiger partial charge in [0.05, 0.1) is 23.7 Å². The minimum Gasteiger partial charge on any atom is -0.508 e. The van der Waals surface area contributed by atoms with E-state index in [1.54, 1.807) is 42.5 Å². The Morgan fingerprint density at radius 3 is 2.48 bits per heavy atom. The molecule has 0 aliphatic carbocycles. The Morgan fingerprint density at radius 1 is 1.06 bits per heavy atom. The van der Waals surface area contributed by atoms with Gasteiger partial charge < -0.3 is 25.7 Å². The number of hydrogen-bond acceptors (Lipinski definition) is 5. The number of hydrogen-bond donors (Lipinski definition) is 4. The average Bonchev–Trinajstić information content (AvgIpc) is 3.16. The predicted molar refractivity (Wildman–Crippen MR) is 120 cm³/mol. The highest BCUT2D eigenvalue weighted by molar-refractivity contribution is 6.11. The fourth-order valence-electron chi connectivity index (χ4n) is 4.09. The van der Waals surface area contributed by atoms with Crippen LogP contribution in [0.1, 0.15) is 40.7 Å². The molecule has 2 aromatic rings. The van der Waals surface area contributed by atoms with Crippen LogP contribution in [-0.4, -0.2) is 57.4 Å². The number of nitrogens with zero attached hydrogens (tertiary/aromatic N) is 1. The Labute approximate surface area is 189 Å². The van der Waals surface area contributed by atoms with Gasteiger partial charge in [0.1, 0.15) is 11.8 Å². The van der Waals surface area contributed by atoms with Gasteiger partial charge in [-0.05, 0) is 41.8 Å². The average molecular weight is 449 g/mol. The smallest absolute Gasteiger partial charge is 0.303 e. The van der Waals surface area contributed by atoms with E-state index in [2.05, 4.69) is 10.6 Å². The molecule has 1 saturated heterocycles. The summed E-state index contributed by atoms with van der Waals surface area (Å²) in [6.45, 7) is 0.299. The lowest BCUT2D eigenvalue weighted by atomic mass is 10.1. The van der Waals surface area contributed by atoms with Crippen molar-refractivity contribution in [3.05, 3.63) is 59.2 Å². The number of amides is 3. The maximum Gasteiger partial charge on any atom is 0.303 e. The molecule has 0 radical (unpaired) electrons. The molecule has 3 amide bonds. The fraction of sp³-hybridized carbons (Fsp3) is 0.250. The number of carboxylic acid groups (broad SMARTS) is 1. The normalized spacial score (nSPS) is 19.6. The summed E-state index contributed by atoms with van der Waals surface area (Å²) in [4.78, 5) is 50.4. The van der Waals surface area contributed by atoms with Gasteiger partial charge in [-0.3, -0.25) is 19.2 Å². The van der Waals surface area contributed by atoms with E-state index in [1.807, 2.05) is 12.2 Å². The molecule has 170 valence electrons. The van der Waals surface area contributed by atoms with Gasteiger partial charge in [-0.15, -0.1) is 0 Å². The van der Waals surface area contributed by atoms with Gasteiger partial charge in [0, 0.05) is 13.0 Å². The van der Waals surface area contributed by atoms with Gasteiger partial charge in [-0.2, -0.15) is 0 Å². The van der Waals surface area contributed by atoms with Crippen molar-refractivity contribution in [3.63, 3.8) is 0 Å². The quantitative estimate of drug-likeness (QED) is 0.499. The highest BCUT2D eigenvalue weighted by atomic mass is 16.4. The number of aliphatic carboxylic acids is 1. The topological polar surface area (TPSA) is 136 Å². The van der Waals surface area contributed by atoms with E-state index in [9.17, 15) is 24.3 Å². The van der Waals surface area contributed by atoms with Gasteiger partial charge >= 0.3 is 5.97 Å². The number of phenolic OH excluding ortho intramolecular Hbond substituents is 1. The minimum absolute atomic E-state index is 0.176. The lowest BCUT2D eigenvalue weighted by molar-refractivity contribution is -0.139. The Bertz CT molecular complexity index is 1140. The number of carboxylic acids is 1. The zero-order valence-corrected chi connectivity index (χ0v) is 17.7. The van der Waals surface area contributed by atoms with Crippen LogP contribution in [0.15, 0.2) is 42.5 Å². The number of benzene rings is 2. The molecule has 0 bridgehead atoms. The van der Waals surface area contributed by atoms with E-state index in [0.29, 0.717) is 24.2 Å². The van der Waals surface area contributed by atoms with Crippen LogP contribution in [0.2, 0.25) is 0 Å². The molecule has 1 fully saturated rings. The first-order valence-electron chi connectivity index (χ1n) is 10.6. The molecule has 2 atom stereocenters. The second-order valence-corrected chi connectivity index (χ2v) is 8.02. The number of nitrogens with one attached hydrogen (secondary N) is 2. The van der Waals surface area contributed by atoms with Crippen molar-refractivity contribution in [2.45, 2.75) is 31.3 Å². The number of rotatable bonds is 6. The Kier molecular flexibility index (Phi) is 6.12. The Morgan fingerprint density at radius 2 is 1.76 bits per heavy atom. The predicted octanol–water partition coefficient (Wildman–Crippen LogP) is 2.08. The van der Waals surface area contributed by atoms with Crippen LogP contribution in [0.25, 0.3) is 12.2 Å². The lowest BCUT2D eigenvalue weighted by Crippen LogP contribution is -2.51. The monoisotopic (exact) mass is 449 g/mol. The van der Waals surface area contributed by atoms with Gasteiger partial charge in [0.25, 0.3) is 5.91 Å². The van der Waals surface area contributed by atoms with E-state index in [0.717, 1.165) is 11.1 Å². The molecule has 9 heteroatoms.